The molecule has 1 fully saturated rings. The van der Waals surface area contributed by atoms with E-state index in [1.807, 2.05) is 0 Å². The van der Waals surface area contributed by atoms with Gasteiger partial charge in [-0.1, -0.05) is 49.6 Å². The Balaban J connectivity index is 2.23. The molecule has 2 heteroatoms. The summed E-state index contributed by atoms with van der Waals surface area (Å²) in [5.41, 5.74) is 1.41. The van der Waals surface area contributed by atoms with Crippen LogP contribution >= 0.6 is 12.2 Å². The van der Waals surface area contributed by atoms with Crippen LogP contribution in [0.3, 0.4) is 0 Å². The molecule has 0 saturated heterocycles. The minimum atomic E-state index is 0.349. The summed E-state index contributed by atoms with van der Waals surface area (Å²) in [7, 11) is 0. The summed E-state index contributed by atoms with van der Waals surface area (Å²) in [5, 5.41) is 2.57. The number of benzene rings is 1. The molecular weight excluding hydrogens is 214 g/mol. The molecule has 1 aliphatic rings. The molecule has 0 spiro atoms. The van der Waals surface area contributed by atoms with E-state index in [1.54, 1.807) is 0 Å². The number of hydrogen-bond donors (Lipinski definition) is 0. The number of nitrogens with zero attached hydrogens (tertiary/aromatic N) is 1. The van der Waals surface area contributed by atoms with Gasteiger partial charge in [0.15, 0.2) is 0 Å². The first-order valence-corrected chi connectivity index (χ1v) is 6.44. The van der Waals surface area contributed by atoms with Crippen molar-refractivity contribution in [2.24, 2.45) is 4.99 Å². The molecule has 0 bridgehead atoms. The van der Waals surface area contributed by atoms with Crippen LogP contribution in [-0.4, -0.2) is 11.2 Å². The second-order valence-corrected chi connectivity index (χ2v) is 4.63. The third-order valence-electron chi connectivity index (χ3n) is 3.43. The predicted octanol–water partition coefficient (Wildman–Crippen LogP) is 4.21. The van der Waals surface area contributed by atoms with E-state index < -0.39 is 0 Å². The molecule has 0 amide bonds. The molecule has 16 heavy (non-hydrogen) atoms. The molecule has 2 atom stereocenters. The Morgan fingerprint density at radius 3 is 2.56 bits per heavy atom. The maximum Gasteiger partial charge on any atom is 0.0671 e. The Hall–Kier alpha value is -0.980. The average Bonchev–Trinajstić information content (AvgIpc) is 2.56. The second-order valence-electron chi connectivity index (χ2n) is 4.44. The van der Waals surface area contributed by atoms with Crippen LogP contribution in [0.2, 0.25) is 0 Å². The van der Waals surface area contributed by atoms with Gasteiger partial charge in [0.05, 0.1) is 11.2 Å². The summed E-state index contributed by atoms with van der Waals surface area (Å²) in [6.45, 7) is 0. The highest BCUT2D eigenvalue weighted by Gasteiger charge is 2.24. The van der Waals surface area contributed by atoms with E-state index in [1.165, 1.54) is 31.2 Å². The van der Waals surface area contributed by atoms with E-state index in [0.29, 0.717) is 12.0 Å². The molecule has 1 aromatic carbocycles. The van der Waals surface area contributed by atoms with Crippen molar-refractivity contribution in [3.05, 3.63) is 35.9 Å². The van der Waals surface area contributed by atoms with Gasteiger partial charge in [-0.25, -0.2) is 4.99 Å². The Morgan fingerprint density at radius 1 is 1.06 bits per heavy atom. The molecule has 84 valence electrons. The Morgan fingerprint density at radius 2 is 1.81 bits per heavy atom. The SMILES string of the molecule is S=C=N[C@H]1CCCCC[C@H]1c1ccccc1. The first-order valence-electron chi connectivity index (χ1n) is 6.04. The third-order valence-corrected chi connectivity index (χ3v) is 3.53. The molecule has 0 unspecified atom stereocenters. The minimum absolute atomic E-state index is 0.349. The highest BCUT2D eigenvalue weighted by Crippen LogP contribution is 2.33. The van der Waals surface area contributed by atoms with Crippen LogP contribution < -0.4 is 0 Å². The lowest BCUT2D eigenvalue weighted by Crippen LogP contribution is -2.15. The van der Waals surface area contributed by atoms with E-state index in [2.05, 4.69) is 40.5 Å². The smallest absolute Gasteiger partial charge is 0.0671 e. The number of aliphatic imine (C=N–C) groups is 1. The van der Waals surface area contributed by atoms with Crippen molar-refractivity contribution in [2.75, 3.05) is 0 Å². The maximum atomic E-state index is 4.76. The predicted molar refractivity (Wildman–Crippen MR) is 71.1 cm³/mol. The zero-order valence-electron chi connectivity index (χ0n) is 9.43. The highest BCUT2D eigenvalue weighted by molar-refractivity contribution is 7.78. The zero-order valence-corrected chi connectivity index (χ0v) is 10.2. The molecule has 0 aliphatic heterocycles. The summed E-state index contributed by atoms with van der Waals surface area (Å²) >= 11 is 4.76. The van der Waals surface area contributed by atoms with Gasteiger partial charge < -0.3 is 0 Å². The number of rotatable bonds is 2. The first-order chi connectivity index (χ1) is 7.92. The van der Waals surface area contributed by atoms with E-state index in [4.69, 9.17) is 12.2 Å². The molecule has 2 rings (SSSR count). The molecule has 1 saturated carbocycles. The normalized spacial score (nSPS) is 25.5. The van der Waals surface area contributed by atoms with Crippen molar-refractivity contribution in [3.63, 3.8) is 0 Å². The van der Waals surface area contributed by atoms with E-state index >= 15 is 0 Å². The monoisotopic (exact) mass is 231 g/mol. The van der Waals surface area contributed by atoms with Crippen LogP contribution in [0.4, 0.5) is 0 Å². The molecule has 0 radical (unpaired) electrons. The standard InChI is InChI=1S/C14H17NS/c16-11-15-14-10-6-2-5-9-13(14)12-7-3-1-4-8-12/h1,3-4,7-8,13-14H,2,5-6,9-10H2/t13-,14-/m0/s1. The van der Waals surface area contributed by atoms with Crippen molar-refractivity contribution in [3.8, 4) is 0 Å². The Labute approximate surface area is 103 Å². The van der Waals surface area contributed by atoms with Crippen molar-refractivity contribution >= 4 is 17.4 Å². The summed E-state index contributed by atoms with van der Waals surface area (Å²) < 4.78 is 0. The topological polar surface area (TPSA) is 12.4 Å². The molecule has 1 aliphatic carbocycles. The van der Waals surface area contributed by atoms with Gasteiger partial charge in [-0.3, -0.25) is 0 Å². The van der Waals surface area contributed by atoms with Gasteiger partial charge in [0.2, 0.25) is 0 Å². The Kier molecular flexibility index (Phi) is 4.26. The van der Waals surface area contributed by atoms with E-state index in [-0.39, 0.29) is 0 Å². The lowest BCUT2D eigenvalue weighted by Gasteiger charge is -2.20. The summed E-state index contributed by atoms with van der Waals surface area (Å²) in [4.78, 5) is 4.37. The maximum absolute atomic E-state index is 4.76. The molecule has 0 heterocycles. The molecule has 0 aromatic heterocycles. The first kappa shape index (κ1) is 11.5. The van der Waals surface area contributed by atoms with E-state index in [9.17, 15) is 0 Å². The summed E-state index contributed by atoms with van der Waals surface area (Å²) in [5.74, 6) is 0.541. The fourth-order valence-corrected chi connectivity index (χ4v) is 2.73. The lowest BCUT2D eigenvalue weighted by atomic mass is 9.88. The quantitative estimate of drug-likeness (QED) is 0.422. The van der Waals surface area contributed by atoms with Crippen molar-refractivity contribution < 1.29 is 0 Å². The highest BCUT2D eigenvalue weighted by atomic mass is 32.1. The zero-order chi connectivity index (χ0) is 11.2. The number of thiocarbonyl (C=S) groups is 1. The Bertz CT molecular complexity index is 368. The number of hydrogen-bond acceptors (Lipinski definition) is 2. The van der Waals surface area contributed by atoms with Crippen LogP contribution in [0.1, 0.15) is 43.6 Å². The molecular formula is C14H17NS. The van der Waals surface area contributed by atoms with Crippen LogP contribution in [0.15, 0.2) is 35.3 Å². The van der Waals surface area contributed by atoms with Gasteiger partial charge in [-0.2, -0.15) is 0 Å². The minimum Gasteiger partial charge on any atom is -0.229 e. The van der Waals surface area contributed by atoms with E-state index in [0.717, 1.165) is 6.42 Å². The summed E-state index contributed by atoms with van der Waals surface area (Å²) in [6, 6.07) is 11.1. The number of isothiocyanates is 1. The summed E-state index contributed by atoms with van der Waals surface area (Å²) in [6.07, 6.45) is 6.29. The van der Waals surface area contributed by atoms with Gasteiger partial charge in [-0.15, -0.1) is 0 Å². The van der Waals surface area contributed by atoms with Gasteiger partial charge >= 0.3 is 0 Å². The van der Waals surface area contributed by atoms with Crippen LogP contribution in [0.25, 0.3) is 0 Å². The van der Waals surface area contributed by atoms with Crippen molar-refractivity contribution in [1.82, 2.24) is 0 Å². The fraction of sp³-hybridized carbons (Fsp3) is 0.500. The van der Waals surface area contributed by atoms with Gasteiger partial charge in [0.25, 0.3) is 0 Å². The molecule has 1 nitrogen and oxygen atoms in total. The lowest BCUT2D eigenvalue weighted by molar-refractivity contribution is 0.510. The van der Waals surface area contributed by atoms with Crippen molar-refractivity contribution in [1.29, 1.82) is 0 Å². The van der Waals surface area contributed by atoms with Crippen LogP contribution in [0.5, 0.6) is 0 Å². The van der Waals surface area contributed by atoms with Crippen LogP contribution in [0, 0.1) is 0 Å². The molecule has 1 aromatic rings. The van der Waals surface area contributed by atoms with Crippen molar-refractivity contribution in [2.45, 2.75) is 44.1 Å². The third kappa shape index (κ3) is 2.78. The average molecular weight is 231 g/mol. The van der Waals surface area contributed by atoms with Gasteiger partial charge in [0.1, 0.15) is 0 Å². The van der Waals surface area contributed by atoms with Gasteiger partial charge in [0, 0.05) is 5.92 Å². The fourth-order valence-electron chi connectivity index (χ4n) is 2.60. The van der Waals surface area contributed by atoms with Crippen LogP contribution in [-0.2, 0) is 0 Å². The largest absolute Gasteiger partial charge is 0.229 e. The second kappa shape index (κ2) is 5.93. The van der Waals surface area contributed by atoms with Gasteiger partial charge in [-0.05, 0) is 30.6 Å². The molecule has 0 N–H and O–H groups in total.